The van der Waals surface area contributed by atoms with Gasteiger partial charge in [0.25, 0.3) is 5.91 Å². The van der Waals surface area contributed by atoms with Crippen LogP contribution in [0.3, 0.4) is 0 Å². The second kappa shape index (κ2) is 4.57. The number of aromatic nitrogens is 2. The molecular formula is C11H12F3N5O2. The first-order valence-corrected chi connectivity index (χ1v) is 5.85. The van der Waals surface area contributed by atoms with Crippen molar-refractivity contribution in [1.82, 2.24) is 15.3 Å². The molecule has 7 nitrogen and oxygen atoms in total. The Hall–Kier alpha value is -2.39. The third kappa shape index (κ3) is 2.73. The lowest BCUT2D eigenvalue weighted by Crippen LogP contribution is -2.64. The van der Waals surface area contributed by atoms with Crippen LogP contribution in [0.15, 0.2) is 6.07 Å². The Bertz CT molecular complexity index is 614. The molecule has 2 amide bonds. The van der Waals surface area contributed by atoms with Crippen LogP contribution < -0.4 is 16.0 Å². The average Bonchev–Trinajstić information content (AvgIpc) is 2.32. The Morgan fingerprint density at radius 2 is 1.95 bits per heavy atom. The van der Waals surface area contributed by atoms with E-state index < -0.39 is 35.2 Å². The Kier molecular flexibility index (Phi) is 3.27. The Labute approximate surface area is 117 Å². The molecule has 0 unspecified atom stereocenters. The number of hydrogen-bond acceptors (Lipinski definition) is 6. The van der Waals surface area contributed by atoms with Crippen molar-refractivity contribution in [3.05, 3.63) is 11.8 Å². The first kappa shape index (κ1) is 15.0. The molecule has 1 aromatic heterocycles. The molecule has 0 radical (unpaired) electrons. The van der Waals surface area contributed by atoms with Crippen molar-refractivity contribution in [3.8, 4) is 0 Å². The second-order valence-electron chi connectivity index (χ2n) is 4.99. The van der Waals surface area contributed by atoms with Crippen LogP contribution in [0.4, 0.5) is 24.9 Å². The summed E-state index contributed by atoms with van der Waals surface area (Å²) in [7, 11) is 0. The van der Waals surface area contributed by atoms with Crippen molar-refractivity contribution in [3.63, 3.8) is 0 Å². The fourth-order valence-corrected chi connectivity index (χ4v) is 1.89. The van der Waals surface area contributed by atoms with E-state index in [1.54, 1.807) is 0 Å². The average molecular weight is 303 g/mol. The summed E-state index contributed by atoms with van der Waals surface area (Å²) < 4.78 is 38.3. The quantitative estimate of drug-likeness (QED) is 0.725. The highest BCUT2D eigenvalue weighted by molar-refractivity contribution is 6.06. The maximum atomic E-state index is 12.8. The lowest BCUT2D eigenvalue weighted by Gasteiger charge is -2.41. The summed E-state index contributed by atoms with van der Waals surface area (Å²) in [6.07, 6.45) is -4.71. The van der Waals surface area contributed by atoms with Crippen LogP contribution in [0, 0.1) is 0 Å². The van der Waals surface area contributed by atoms with Gasteiger partial charge in [0.2, 0.25) is 11.9 Å². The van der Waals surface area contributed by atoms with Crippen molar-refractivity contribution in [2.75, 3.05) is 17.2 Å². The fraction of sp³-hybridized carbons (Fsp3) is 0.455. The van der Waals surface area contributed by atoms with E-state index in [2.05, 4.69) is 15.3 Å². The number of nitrogens with two attached hydrogens (primary N) is 1. The van der Waals surface area contributed by atoms with Crippen molar-refractivity contribution in [1.29, 1.82) is 0 Å². The number of amides is 2. The van der Waals surface area contributed by atoms with E-state index >= 15 is 0 Å². The zero-order valence-corrected chi connectivity index (χ0v) is 11.2. The third-order valence-electron chi connectivity index (χ3n) is 3.08. The molecule has 0 aliphatic carbocycles. The van der Waals surface area contributed by atoms with Gasteiger partial charge in [-0.05, 0) is 13.8 Å². The molecule has 3 N–H and O–H groups in total. The number of nitrogen functional groups attached to an aromatic ring is 1. The van der Waals surface area contributed by atoms with E-state index in [4.69, 9.17) is 5.73 Å². The first-order chi connectivity index (χ1) is 9.51. The molecule has 0 aromatic carbocycles. The largest absolute Gasteiger partial charge is 0.433 e. The summed E-state index contributed by atoms with van der Waals surface area (Å²) in [6, 6.07) is 0.657. The Morgan fingerprint density at radius 3 is 2.52 bits per heavy atom. The number of piperazine rings is 1. The molecule has 1 saturated heterocycles. The molecule has 1 aliphatic rings. The number of carbonyl (C=O) groups is 2. The van der Waals surface area contributed by atoms with E-state index in [1.807, 2.05) is 0 Å². The van der Waals surface area contributed by atoms with E-state index in [-0.39, 0.29) is 12.4 Å². The summed E-state index contributed by atoms with van der Waals surface area (Å²) in [5.41, 5.74) is 2.80. The predicted molar refractivity (Wildman–Crippen MR) is 66.0 cm³/mol. The van der Waals surface area contributed by atoms with Gasteiger partial charge < -0.3 is 10.6 Å². The van der Waals surface area contributed by atoms with Gasteiger partial charge in [-0.25, -0.2) is 4.98 Å². The molecule has 21 heavy (non-hydrogen) atoms. The van der Waals surface area contributed by atoms with Crippen LogP contribution in [0.1, 0.15) is 19.5 Å². The summed E-state index contributed by atoms with van der Waals surface area (Å²) in [5, 5.41) is 2.11. The van der Waals surface area contributed by atoms with Crippen molar-refractivity contribution in [2.45, 2.75) is 25.6 Å². The van der Waals surface area contributed by atoms with Crippen LogP contribution in [0.25, 0.3) is 0 Å². The van der Waals surface area contributed by atoms with Gasteiger partial charge in [-0.3, -0.25) is 14.9 Å². The Morgan fingerprint density at radius 1 is 1.33 bits per heavy atom. The molecular weight excluding hydrogens is 291 g/mol. The second-order valence-corrected chi connectivity index (χ2v) is 4.99. The van der Waals surface area contributed by atoms with Gasteiger partial charge in [0.1, 0.15) is 11.4 Å². The number of imide groups is 1. The first-order valence-electron chi connectivity index (χ1n) is 5.85. The minimum atomic E-state index is -4.71. The van der Waals surface area contributed by atoms with Gasteiger partial charge >= 0.3 is 6.18 Å². The van der Waals surface area contributed by atoms with Gasteiger partial charge in [0, 0.05) is 6.07 Å². The number of carbonyl (C=O) groups excluding carboxylic acids is 2. The molecule has 10 heteroatoms. The predicted octanol–water partition coefficient (Wildman–Crippen LogP) is 0.319. The maximum absolute atomic E-state index is 12.8. The number of alkyl halides is 3. The highest BCUT2D eigenvalue weighted by atomic mass is 19.4. The molecule has 114 valence electrons. The van der Waals surface area contributed by atoms with Gasteiger partial charge in [0.15, 0.2) is 5.69 Å². The van der Waals surface area contributed by atoms with Crippen LogP contribution in [0.5, 0.6) is 0 Å². The molecule has 0 saturated carbocycles. The van der Waals surface area contributed by atoms with Crippen molar-refractivity contribution in [2.24, 2.45) is 0 Å². The molecule has 0 bridgehead atoms. The molecule has 0 spiro atoms. The standard InChI is InChI=1S/C11H12F3N5O2/c1-10(2)8(21)18-7(20)4-19(10)6-3-5(11(12,13)14)16-9(15)17-6/h3H,4H2,1-2H3,(H2,15,16,17)(H,18,20,21). The van der Waals surface area contributed by atoms with Crippen LogP contribution in [-0.2, 0) is 15.8 Å². The summed E-state index contributed by atoms with van der Waals surface area (Å²) >= 11 is 0. The summed E-state index contributed by atoms with van der Waals surface area (Å²) in [4.78, 5) is 31.2. The molecule has 1 fully saturated rings. The van der Waals surface area contributed by atoms with Gasteiger partial charge in [0.05, 0.1) is 6.54 Å². The zero-order chi connectivity index (χ0) is 16.0. The SMILES string of the molecule is CC1(C)C(=O)NC(=O)CN1c1cc(C(F)(F)F)nc(N)n1. The van der Waals surface area contributed by atoms with Crippen LogP contribution in [0.2, 0.25) is 0 Å². The molecule has 2 heterocycles. The molecule has 1 aromatic rings. The third-order valence-corrected chi connectivity index (χ3v) is 3.08. The lowest BCUT2D eigenvalue weighted by atomic mass is 9.98. The van der Waals surface area contributed by atoms with E-state index in [0.29, 0.717) is 6.07 Å². The van der Waals surface area contributed by atoms with E-state index in [0.717, 1.165) is 4.90 Å². The van der Waals surface area contributed by atoms with Crippen molar-refractivity contribution >= 4 is 23.6 Å². The maximum Gasteiger partial charge on any atom is 0.433 e. The summed E-state index contributed by atoms with van der Waals surface area (Å²) in [6.45, 7) is 2.60. The molecule has 2 rings (SSSR count). The normalized spacial score (nSPS) is 18.6. The van der Waals surface area contributed by atoms with Crippen LogP contribution in [-0.4, -0.2) is 33.9 Å². The van der Waals surface area contributed by atoms with Crippen LogP contribution >= 0.6 is 0 Å². The number of nitrogens with zero attached hydrogens (tertiary/aromatic N) is 3. The smallest absolute Gasteiger partial charge is 0.368 e. The van der Waals surface area contributed by atoms with E-state index in [1.165, 1.54) is 13.8 Å². The highest BCUT2D eigenvalue weighted by Crippen LogP contribution is 2.32. The van der Waals surface area contributed by atoms with Crippen molar-refractivity contribution < 1.29 is 22.8 Å². The lowest BCUT2D eigenvalue weighted by molar-refractivity contribution is -0.141. The highest BCUT2D eigenvalue weighted by Gasteiger charge is 2.43. The molecule has 1 aliphatic heterocycles. The minimum Gasteiger partial charge on any atom is -0.368 e. The number of hydrogen-bond donors (Lipinski definition) is 2. The number of anilines is 2. The number of halogens is 3. The van der Waals surface area contributed by atoms with Gasteiger partial charge in [-0.2, -0.15) is 18.2 Å². The topological polar surface area (TPSA) is 101 Å². The number of nitrogens with one attached hydrogen (secondary N) is 1. The van der Waals surface area contributed by atoms with E-state index in [9.17, 15) is 22.8 Å². The fourth-order valence-electron chi connectivity index (χ4n) is 1.89. The Balaban J connectivity index is 2.52. The number of rotatable bonds is 1. The summed E-state index contributed by atoms with van der Waals surface area (Å²) in [5.74, 6) is -2.09. The van der Waals surface area contributed by atoms with Gasteiger partial charge in [-0.1, -0.05) is 0 Å². The minimum absolute atomic E-state index is 0.233. The monoisotopic (exact) mass is 303 g/mol. The van der Waals surface area contributed by atoms with Gasteiger partial charge in [-0.15, -0.1) is 0 Å². The zero-order valence-electron chi connectivity index (χ0n) is 11.2. The molecule has 0 atom stereocenters.